The second-order valence-electron chi connectivity index (χ2n) is 6.43. The highest BCUT2D eigenvalue weighted by molar-refractivity contribution is 7.03. The summed E-state index contributed by atoms with van der Waals surface area (Å²) >= 11 is 1.29. The van der Waals surface area contributed by atoms with Crippen LogP contribution in [0.2, 0.25) is 0 Å². The third-order valence-electron chi connectivity index (χ3n) is 4.21. The fraction of sp³-hybridized carbons (Fsp3) is 0.0952. The standard InChI is InChI=1S/C21H18N6O3S/c1-13-3-10-20(26-24-13)30-19-11-16(8-9-18(19)29-2)23-21(28)22-15-6-4-14(5-7-15)17-12-31-27-25-17/h3-12H,1-2H3,(H2,22,23,28). The molecule has 0 saturated heterocycles. The van der Waals surface area contributed by atoms with Crippen LogP contribution >= 0.6 is 11.5 Å². The highest BCUT2D eigenvalue weighted by atomic mass is 32.1. The molecule has 2 N–H and O–H groups in total. The molecule has 9 nitrogen and oxygen atoms in total. The Labute approximate surface area is 182 Å². The maximum Gasteiger partial charge on any atom is 0.323 e. The number of aromatic nitrogens is 4. The van der Waals surface area contributed by atoms with Crippen LogP contribution in [0.3, 0.4) is 0 Å². The van der Waals surface area contributed by atoms with Gasteiger partial charge in [-0.15, -0.1) is 10.2 Å². The number of rotatable bonds is 6. The summed E-state index contributed by atoms with van der Waals surface area (Å²) in [6, 6.07) is 15.5. The smallest absolute Gasteiger partial charge is 0.323 e. The van der Waals surface area contributed by atoms with E-state index in [0.717, 1.165) is 17.0 Å². The number of carbonyl (C=O) groups excluding carboxylic acids is 1. The van der Waals surface area contributed by atoms with Crippen molar-refractivity contribution in [2.24, 2.45) is 0 Å². The molecule has 4 rings (SSSR count). The van der Waals surface area contributed by atoms with E-state index >= 15 is 0 Å². The van der Waals surface area contributed by atoms with Gasteiger partial charge >= 0.3 is 6.03 Å². The highest BCUT2D eigenvalue weighted by Gasteiger charge is 2.11. The van der Waals surface area contributed by atoms with Crippen molar-refractivity contribution in [3.8, 4) is 28.6 Å². The zero-order chi connectivity index (χ0) is 21.6. The molecule has 2 aromatic carbocycles. The van der Waals surface area contributed by atoms with E-state index in [9.17, 15) is 4.79 Å². The number of ether oxygens (including phenoxy) is 2. The molecule has 31 heavy (non-hydrogen) atoms. The van der Waals surface area contributed by atoms with Gasteiger partial charge in [0.1, 0.15) is 5.69 Å². The second kappa shape index (κ2) is 9.18. The second-order valence-corrected chi connectivity index (χ2v) is 7.04. The molecule has 0 aliphatic rings. The summed E-state index contributed by atoms with van der Waals surface area (Å²) in [4.78, 5) is 12.4. The van der Waals surface area contributed by atoms with Gasteiger partial charge in [-0.05, 0) is 48.8 Å². The molecule has 0 spiro atoms. The number of anilines is 2. The number of nitrogens with zero attached hydrogens (tertiary/aromatic N) is 4. The van der Waals surface area contributed by atoms with Gasteiger partial charge in [-0.25, -0.2) is 4.79 Å². The lowest BCUT2D eigenvalue weighted by Crippen LogP contribution is -2.19. The van der Waals surface area contributed by atoms with Crippen molar-refractivity contribution in [3.63, 3.8) is 0 Å². The number of hydrogen-bond acceptors (Lipinski definition) is 8. The Morgan fingerprint density at radius 2 is 1.68 bits per heavy atom. The first kappa shape index (κ1) is 20.2. The van der Waals surface area contributed by atoms with E-state index in [1.165, 1.54) is 18.6 Å². The topological polar surface area (TPSA) is 111 Å². The Hall–Kier alpha value is -4.05. The van der Waals surface area contributed by atoms with Crippen LogP contribution in [-0.2, 0) is 0 Å². The molecule has 0 bridgehead atoms. The van der Waals surface area contributed by atoms with Gasteiger partial charge in [-0.1, -0.05) is 16.6 Å². The summed E-state index contributed by atoms with van der Waals surface area (Å²) in [6.07, 6.45) is 0. The van der Waals surface area contributed by atoms with Gasteiger partial charge in [0, 0.05) is 34.5 Å². The van der Waals surface area contributed by atoms with Crippen LogP contribution in [0.4, 0.5) is 16.2 Å². The van der Waals surface area contributed by atoms with Gasteiger partial charge in [0.25, 0.3) is 0 Å². The quantitative estimate of drug-likeness (QED) is 0.450. The number of carbonyl (C=O) groups is 1. The molecule has 2 aromatic heterocycles. The number of methoxy groups -OCH3 is 1. The summed E-state index contributed by atoms with van der Waals surface area (Å²) in [5, 5.41) is 19.4. The number of benzene rings is 2. The molecule has 0 fully saturated rings. The third kappa shape index (κ3) is 5.11. The fourth-order valence-corrected chi connectivity index (χ4v) is 3.16. The van der Waals surface area contributed by atoms with E-state index in [1.807, 2.05) is 24.4 Å². The average molecular weight is 434 g/mol. The minimum Gasteiger partial charge on any atom is -0.493 e. The molecule has 0 aliphatic heterocycles. The van der Waals surface area contributed by atoms with E-state index in [4.69, 9.17) is 9.47 Å². The van der Waals surface area contributed by atoms with Gasteiger partial charge in [0.2, 0.25) is 5.88 Å². The van der Waals surface area contributed by atoms with E-state index in [-0.39, 0.29) is 0 Å². The Balaban J connectivity index is 1.43. The largest absolute Gasteiger partial charge is 0.493 e. The summed E-state index contributed by atoms with van der Waals surface area (Å²) in [6.45, 7) is 1.84. The lowest BCUT2D eigenvalue weighted by molar-refractivity contribution is 0.262. The summed E-state index contributed by atoms with van der Waals surface area (Å²) < 4.78 is 14.9. The van der Waals surface area contributed by atoms with Gasteiger partial charge in [0.05, 0.1) is 12.8 Å². The van der Waals surface area contributed by atoms with Crippen LogP contribution < -0.4 is 20.1 Å². The van der Waals surface area contributed by atoms with Gasteiger partial charge in [-0.2, -0.15) is 5.10 Å². The molecule has 156 valence electrons. The average Bonchev–Trinajstić information content (AvgIpc) is 3.31. The van der Waals surface area contributed by atoms with Crippen molar-refractivity contribution in [2.75, 3.05) is 17.7 Å². The zero-order valence-electron chi connectivity index (χ0n) is 16.7. The molecule has 4 aromatic rings. The predicted octanol–water partition coefficient (Wildman–Crippen LogP) is 4.75. The van der Waals surface area contributed by atoms with Crippen LogP contribution in [0.15, 0.2) is 60.0 Å². The third-order valence-corrected chi connectivity index (χ3v) is 4.71. The Bertz CT molecular complexity index is 1160. The van der Waals surface area contributed by atoms with Crippen molar-refractivity contribution >= 4 is 28.9 Å². The highest BCUT2D eigenvalue weighted by Crippen LogP contribution is 2.33. The molecule has 2 amide bonds. The van der Waals surface area contributed by atoms with Crippen molar-refractivity contribution in [3.05, 3.63) is 65.7 Å². The monoisotopic (exact) mass is 434 g/mol. The van der Waals surface area contributed by atoms with Crippen molar-refractivity contribution in [1.82, 2.24) is 19.8 Å². The maximum absolute atomic E-state index is 12.4. The number of amides is 2. The first-order chi connectivity index (χ1) is 15.1. The van der Waals surface area contributed by atoms with Crippen molar-refractivity contribution in [1.29, 1.82) is 0 Å². The Morgan fingerprint density at radius 3 is 2.35 bits per heavy atom. The summed E-state index contributed by atoms with van der Waals surface area (Å²) in [5.74, 6) is 1.22. The fourth-order valence-electron chi connectivity index (χ4n) is 2.70. The molecule has 2 heterocycles. The van der Waals surface area contributed by atoms with Gasteiger partial charge < -0.3 is 20.1 Å². The van der Waals surface area contributed by atoms with E-state index < -0.39 is 6.03 Å². The molecule has 0 saturated carbocycles. The summed E-state index contributed by atoms with van der Waals surface area (Å²) in [5.41, 5.74) is 3.67. The van der Waals surface area contributed by atoms with Crippen LogP contribution in [0.25, 0.3) is 11.3 Å². The zero-order valence-corrected chi connectivity index (χ0v) is 17.5. The van der Waals surface area contributed by atoms with Crippen molar-refractivity contribution in [2.45, 2.75) is 6.92 Å². The van der Waals surface area contributed by atoms with Gasteiger partial charge in [-0.3, -0.25) is 0 Å². The molecular formula is C21H18N6O3S. The van der Waals surface area contributed by atoms with Crippen LogP contribution in [-0.4, -0.2) is 32.9 Å². The predicted molar refractivity (Wildman–Crippen MR) is 118 cm³/mol. The molecule has 0 atom stereocenters. The van der Waals surface area contributed by atoms with Crippen LogP contribution in [0.5, 0.6) is 17.4 Å². The number of nitrogens with one attached hydrogen (secondary N) is 2. The molecule has 0 aliphatic carbocycles. The Morgan fingerprint density at radius 1 is 0.903 bits per heavy atom. The van der Waals surface area contributed by atoms with Gasteiger partial charge in [0.15, 0.2) is 11.5 Å². The minimum atomic E-state index is -0.394. The number of urea groups is 1. The molecular weight excluding hydrogens is 416 g/mol. The van der Waals surface area contributed by atoms with E-state index in [1.54, 1.807) is 42.5 Å². The SMILES string of the molecule is COc1ccc(NC(=O)Nc2ccc(-c3csnn3)cc2)cc1Oc1ccc(C)nn1. The first-order valence-electron chi connectivity index (χ1n) is 9.22. The van der Waals surface area contributed by atoms with Crippen LogP contribution in [0, 0.1) is 6.92 Å². The Kier molecular flexibility index (Phi) is 5.99. The maximum atomic E-state index is 12.4. The minimum absolute atomic E-state index is 0.320. The lowest BCUT2D eigenvalue weighted by Gasteiger charge is -2.12. The van der Waals surface area contributed by atoms with E-state index in [0.29, 0.717) is 28.8 Å². The lowest BCUT2D eigenvalue weighted by atomic mass is 10.1. The normalized spacial score (nSPS) is 10.4. The summed E-state index contributed by atoms with van der Waals surface area (Å²) in [7, 11) is 1.54. The van der Waals surface area contributed by atoms with E-state index in [2.05, 4.69) is 30.4 Å². The number of hydrogen-bond donors (Lipinski definition) is 2. The molecule has 10 heteroatoms. The first-order valence-corrected chi connectivity index (χ1v) is 10.1. The van der Waals surface area contributed by atoms with Crippen LogP contribution in [0.1, 0.15) is 5.69 Å². The van der Waals surface area contributed by atoms with Crippen molar-refractivity contribution < 1.29 is 14.3 Å². The molecule has 0 unspecified atom stereocenters. The number of aryl methyl sites for hydroxylation is 1. The molecule has 0 radical (unpaired) electrons.